The van der Waals surface area contributed by atoms with Crippen LogP contribution in [0.1, 0.15) is 11.1 Å². The van der Waals surface area contributed by atoms with Gasteiger partial charge in [0.2, 0.25) is 0 Å². The summed E-state index contributed by atoms with van der Waals surface area (Å²) in [6, 6.07) is 11.6. The minimum Gasteiger partial charge on any atom is -0.378 e. The zero-order valence-electron chi connectivity index (χ0n) is 12.4. The highest BCUT2D eigenvalue weighted by Gasteiger charge is 2.20. The molecule has 5 heteroatoms. The van der Waals surface area contributed by atoms with Crippen LogP contribution in [0.4, 0.5) is 5.69 Å². The van der Waals surface area contributed by atoms with Gasteiger partial charge in [0, 0.05) is 37.7 Å². The van der Waals surface area contributed by atoms with Crippen LogP contribution in [0.25, 0.3) is 6.08 Å². The molecule has 1 aliphatic heterocycles. The summed E-state index contributed by atoms with van der Waals surface area (Å²) in [6.45, 7) is 0. The predicted molar refractivity (Wildman–Crippen MR) is 87.7 cm³/mol. The third-order valence-electron chi connectivity index (χ3n) is 3.36. The third-order valence-corrected chi connectivity index (χ3v) is 3.36. The van der Waals surface area contributed by atoms with Crippen molar-refractivity contribution in [3.05, 3.63) is 65.6 Å². The molecule has 1 aromatic heterocycles. The topological polar surface area (TPSA) is 57.6 Å². The molecule has 0 atom stereocenters. The van der Waals surface area contributed by atoms with E-state index in [-0.39, 0.29) is 5.91 Å². The van der Waals surface area contributed by atoms with E-state index in [1.165, 1.54) is 0 Å². The molecule has 2 heterocycles. The number of carbonyl (C=O) groups is 1. The lowest BCUT2D eigenvalue weighted by Gasteiger charge is -2.11. The molecule has 0 unspecified atom stereocenters. The number of amides is 1. The van der Waals surface area contributed by atoms with Crippen LogP contribution in [0.5, 0.6) is 0 Å². The van der Waals surface area contributed by atoms with Gasteiger partial charge in [0.15, 0.2) is 0 Å². The Morgan fingerprint density at radius 3 is 2.36 bits per heavy atom. The van der Waals surface area contributed by atoms with Crippen molar-refractivity contribution in [1.82, 2.24) is 10.3 Å². The van der Waals surface area contributed by atoms with Crippen molar-refractivity contribution in [3.8, 4) is 0 Å². The number of aromatic nitrogens is 1. The van der Waals surface area contributed by atoms with Gasteiger partial charge in [-0.2, -0.15) is 0 Å². The molecule has 1 aliphatic rings. The number of aliphatic imine (C=N–C) groups is 1. The second kappa shape index (κ2) is 5.81. The Labute approximate surface area is 129 Å². The molecule has 1 N–H and O–H groups in total. The SMILES string of the molecule is CN(C)c1ccc(/C=C2/N=C(c3ccncc3)NC2=O)cc1. The van der Waals surface area contributed by atoms with E-state index >= 15 is 0 Å². The molecule has 2 aromatic rings. The van der Waals surface area contributed by atoms with Gasteiger partial charge in [-0.3, -0.25) is 9.78 Å². The number of anilines is 1. The average molecular weight is 292 g/mol. The van der Waals surface area contributed by atoms with E-state index in [4.69, 9.17) is 0 Å². The van der Waals surface area contributed by atoms with Crippen molar-refractivity contribution in [2.45, 2.75) is 0 Å². The number of pyridine rings is 1. The summed E-state index contributed by atoms with van der Waals surface area (Å²) >= 11 is 0. The first kappa shape index (κ1) is 14.0. The van der Waals surface area contributed by atoms with Crippen molar-refractivity contribution in [2.24, 2.45) is 4.99 Å². The van der Waals surface area contributed by atoms with E-state index in [1.807, 2.05) is 55.4 Å². The highest BCUT2D eigenvalue weighted by molar-refractivity contribution is 6.19. The standard InChI is InChI=1S/C17H16N4O/c1-21(2)14-5-3-12(4-6-14)11-15-17(22)20-16(19-15)13-7-9-18-10-8-13/h3-11H,1-2H3,(H,19,20,22)/b15-11+. The summed E-state index contributed by atoms with van der Waals surface area (Å²) in [5.41, 5.74) is 3.30. The third kappa shape index (κ3) is 2.88. The van der Waals surface area contributed by atoms with Crippen molar-refractivity contribution in [2.75, 3.05) is 19.0 Å². The fourth-order valence-corrected chi connectivity index (χ4v) is 2.14. The molecule has 0 saturated carbocycles. The Morgan fingerprint density at radius 2 is 1.73 bits per heavy atom. The Bertz CT molecular complexity index is 746. The summed E-state index contributed by atoms with van der Waals surface area (Å²) in [7, 11) is 3.98. The first-order chi connectivity index (χ1) is 10.6. The van der Waals surface area contributed by atoms with E-state index in [1.54, 1.807) is 18.5 Å². The number of benzene rings is 1. The number of nitrogens with zero attached hydrogens (tertiary/aromatic N) is 3. The maximum atomic E-state index is 12.0. The molecule has 0 radical (unpaired) electrons. The summed E-state index contributed by atoms with van der Waals surface area (Å²) in [6.07, 6.45) is 5.13. The van der Waals surface area contributed by atoms with E-state index in [0.717, 1.165) is 16.8 Å². The molecule has 0 bridgehead atoms. The Hall–Kier alpha value is -2.95. The predicted octanol–water partition coefficient (Wildman–Crippen LogP) is 2.07. The van der Waals surface area contributed by atoms with Crippen LogP contribution in [0, 0.1) is 0 Å². The van der Waals surface area contributed by atoms with Crippen molar-refractivity contribution < 1.29 is 4.79 Å². The van der Waals surface area contributed by atoms with E-state index in [9.17, 15) is 4.79 Å². The van der Waals surface area contributed by atoms with Gasteiger partial charge in [-0.1, -0.05) is 12.1 Å². The highest BCUT2D eigenvalue weighted by atomic mass is 16.2. The van der Waals surface area contributed by atoms with Crippen molar-refractivity contribution in [3.63, 3.8) is 0 Å². The first-order valence-corrected chi connectivity index (χ1v) is 6.93. The monoisotopic (exact) mass is 292 g/mol. The Balaban J connectivity index is 1.87. The van der Waals surface area contributed by atoms with Gasteiger partial charge in [-0.05, 0) is 35.9 Å². The molecule has 22 heavy (non-hydrogen) atoms. The summed E-state index contributed by atoms with van der Waals surface area (Å²) in [5, 5.41) is 2.78. The lowest BCUT2D eigenvalue weighted by Crippen LogP contribution is -2.24. The number of rotatable bonds is 3. The van der Waals surface area contributed by atoms with Crippen molar-refractivity contribution in [1.29, 1.82) is 0 Å². The zero-order valence-corrected chi connectivity index (χ0v) is 12.4. The molecule has 0 spiro atoms. The lowest BCUT2D eigenvalue weighted by atomic mass is 10.1. The van der Waals surface area contributed by atoms with Gasteiger partial charge in [0.05, 0.1) is 0 Å². The summed E-state index contributed by atoms with van der Waals surface area (Å²) in [4.78, 5) is 22.4. The number of nitrogens with one attached hydrogen (secondary N) is 1. The highest BCUT2D eigenvalue weighted by Crippen LogP contribution is 2.17. The molecule has 1 aromatic carbocycles. The summed E-state index contributed by atoms with van der Waals surface area (Å²) in [5.74, 6) is 0.368. The molecule has 0 aliphatic carbocycles. The van der Waals surface area contributed by atoms with Crippen LogP contribution in [-0.2, 0) is 4.79 Å². The second-order valence-electron chi connectivity index (χ2n) is 5.17. The quantitative estimate of drug-likeness (QED) is 0.881. The van der Waals surface area contributed by atoms with Crippen LogP contribution in [0.2, 0.25) is 0 Å². The maximum Gasteiger partial charge on any atom is 0.275 e. The number of hydrogen-bond donors (Lipinski definition) is 1. The lowest BCUT2D eigenvalue weighted by molar-refractivity contribution is -0.115. The molecule has 0 saturated heterocycles. The van der Waals surface area contributed by atoms with E-state index in [2.05, 4.69) is 15.3 Å². The zero-order chi connectivity index (χ0) is 15.5. The van der Waals surface area contributed by atoms with Gasteiger partial charge in [-0.25, -0.2) is 4.99 Å². The van der Waals surface area contributed by atoms with Crippen LogP contribution < -0.4 is 10.2 Å². The molecule has 3 rings (SSSR count). The van der Waals surface area contributed by atoms with Crippen LogP contribution in [-0.4, -0.2) is 30.8 Å². The first-order valence-electron chi connectivity index (χ1n) is 6.93. The van der Waals surface area contributed by atoms with Gasteiger partial charge in [-0.15, -0.1) is 0 Å². The van der Waals surface area contributed by atoms with Gasteiger partial charge >= 0.3 is 0 Å². The van der Waals surface area contributed by atoms with Gasteiger partial charge in [0.1, 0.15) is 11.5 Å². The fraction of sp³-hybridized carbons (Fsp3) is 0.118. The smallest absolute Gasteiger partial charge is 0.275 e. The van der Waals surface area contributed by atoms with Crippen LogP contribution >= 0.6 is 0 Å². The molecular formula is C17H16N4O. The van der Waals surface area contributed by atoms with Gasteiger partial charge in [0.25, 0.3) is 5.91 Å². The normalized spacial score (nSPS) is 15.6. The number of carbonyl (C=O) groups excluding carboxylic acids is 1. The maximum absolute atomic E-state index is 12.0. The van der Waals surface area contributed by atoms with Crippen LogP contribution in [0.3, 0.4) is 0 Å². The second-order valence-corrected chi connectivity index (χ2v) is 5.17. The number of amidine groups is 1. The molecule has 5 nitrogen and oxygen atoms in total. The van der Waals surface area contributed by atoms with E-state index in [0.29, 0.717) is 11.5 Å². The average Bonchev–Trinajstić information content (AvgIpc) is 2.90. The minimum absolute atomic E-state index is 0.191. The number of hydrogen-bond acceptors (Lipinski definition) is 4. The minimum atomic E-state index is -0.191. The van der Waals surface area contributed by atoms with Gasteiger partial charge < -0.3 is 10.2 Å². The van der Waals surface area contributed by atoms with Crippen molar-refractivity contribution >= 4 is 23.5 Å². The molecule has 1 amide bonds. The summed E-state index contributed by atoms with van der Waals surface area (Å²) < 4.78 is 0. The Kier molecular flexibility index (Phi) is 3.70. The largest absolute Gasteiger partial charge is 0.378 e. The van der Waals surface area contributed by atoms with Crippen LogP contribution in [0.15, 0.2) is 59.5 Å². The molecule has 110 valence electrons. The Morgan fingerprint density at radius 1 is 1.05 bits per heavy atom. The molecule has 0 fully saturated rings. The van der Waals surface area contributed by atoms with E-state index < -0.39 is 0 Å². The molecular weight excluding hydrogens is 276 g/mol. The fourth-order valence-electron chi connectivity index (χ4n) is 2.14.